The molecule has 1 N–H and O–H groups in total. The van der Waals surface area contributed by atoms with Crippen LogP contribution in [0.2, 0.25) is 19.6 Å². The molecular formula is C35H43NO5Si. The van der Waals surface area contributed by atoms with Crippen LogP contribution in [0.3, 0.4) is 0 Å². The normalized spacial score (nSPS) is 25.4. The van der Waals surface area contributed by atoms with E-state index in [-0.39, 0.29) is 12.6 Å². The third-order valence-electron chi connectivity index (χ3n) is 7.22. The monoisotopic (exact) mass is 585 g/mol. The van der Waals surface area contributed by atoms with Gasteiger partial charge in [0.25, 0.3) is 0 Å². The van der Waals surface area contributed by atoms with Crippen LogP contribution >= 0.6 is 0 Å². The zero-order valence-electron chi connectivity index (χ0n) is 25.3. The number of benzene rings is 3. The zero-order chi connectivity index (χ0) is 29.6. The molecule has 222 valence electrons. The number of hydrogen-bond donors (Lipinski definition) is 1. The predicted molar refractivity (Wildman–Crippen MR) is 167 cm³/mol. The molecule has 3 aromatic rings. The second-order valence-corrected chi connectivity index (χ2v) is 17.3. The van der Waals surface area contributed by atoms with Gasteiger partial charge in [-0.2, -0.15) is 0 Å². The number of nitrogens with one attached hydrogen (secondary N) is 1. The van der Waals surface area contributed by atoms with Crippen molar-refractivity contribution < 1.29 is 23.7 Å². The van der Waals surface area contributed by atoms with Crippen LogP contribution in [0.25, 0.3) is 0 Å². The molecule has 2 aliphatic heterocycles. The van der Waals surface area contributed by atoms with Crippen molar-refractivity contribution in [2.24, 2.45) is 0 Å². The smallest absolute Gasteiger partial charge is 0.224 e. The van der Waals surface area contributed by atoms with Gasteiger partial charge in [0.2, 0.25) is 5.79 Å². The van der Waals surface area contributed by atoms with Gasteiger partial charge in [-0.15, -0.1) is 5.54 Å². The van der Waals surface area contributed by atoms with Crippen molar-refractivity contribution in [1.29, 1.82) is 0 Å². The molecule has 3 aromatic carbocycles. The van der Waals surface area contributed by atoms with E-state index in [1.165, 1.54) is 5.56 Å². The van der Waals surface area contributed by atoms with Gasteiger partial charge < -0.3 is 23.7 Å². The Balaban J connectivity index is 1.45. The molecule has 0 amide bonds. The van der Waals surface area contributed by atoms with E-state index in [9.17, 15) is 0 Å². The topological polar surface area (TPSA) is 58.2 Å². The van der Waals surface area contributed by atoms with E-state index in [1.807, 2.05) is 80.6 Å². The summed E-state index contributed by atoms with van der Waals surface area (Å²) < 4.78 is 32.9. The summed E-state index contributed by atoms with van der Waals surface area (Å²) >= 11 is 0. The lowest BCUT2D eigenvalue weighted by atomic mass is 10.0. The van der Waals surface area contributed by atoms with Crippen molar-refractivity contribution in [3.8, 4) is 11.5 Å². The maximum Gasteiger partial charge on any atom is 0.224 e. The second kappa shape index (κ2) is 13.2. The minimum Gasteiger partial charge on any atom is -0.371 e. The van der Waals surface area contributed by atoms with E-state index in [0.29, 0.717) is 19.8 Å². The van der Waals surface area contributed by atoms with Gasteiger partial charge in [-0.1, -0.05) is 117 Å². The Morgan fingerprint density at radius 2 is 1.38 bits per heavy atom. The maximum absolute atomic E-state index is 6.92. The summed E-state index contributed by atoms with van der Waals surface area (Å²) in [4.78, 5) is 0. The van der Waals surface area contributed by atoms with E-state index in [0.717, 1.165) is 11.1 Å². The fourth-order valence-electron chi connectivity index (χ4n) is 5.38. The van der Waals surface area contributed by atoms with Crippen LogP contribution in [-0.4, -0.2) is 50.6 Å². The molecule has 2 fully saturated rings. The molecule has 6 nitrogen and oxygen atoms in total. The molecule has 0 spiro atoms. The van der Waals surface area contributed by atoms with Crippen molar-refractivity contribution in [2.75, 3.05) is 6.61 Å². The van der Waals surface area contributed by atoms with Crippen LogP contribution in [0, 0.1) is 11.5 Å². The largest absolute Gasteiger partial charge is 0.371 e. The molecule has 42 heavy (non-hydrogen) atoms. The Hall–Kier alpha value is -2.80. The summed E-state index contributed by atoms with van der Waals surface area (Å²) in [7, 11) is -1.69. The SMILES string of the molecule is CC1(C)O[C@H]2[C@H](OCc3ccccc3)[C@H]([C@@H](C#C[Si](C)(C)C)NCc3ccccc3)O[C@@]2(COCc2ccccc2)O1. The standard InChI is InChI=1S/C35H43NO5Si/c1-34(2)40-33-32(38-25-29-19-13-8-14-20-29)31(39-35(33,41-34)26-37-24-28-17-11-7-12-18-28)30(21-22-42(3,4)5)36-23-27-15-9-6-10-16-27/h6-20,30-33,36H,23-26H2,1-5H3/t30-,31+,32-,33+,35+/m1/s1. The molecule has 0 aromatic heterocycles. The van der Waals surface area contributed by atoms with Crippen molar-refractivity contribution in [3.05, 3.63) is 108 Å². The van der Waals surface area contributed by atoms with Gasteiger partial charge in [0.15, 0.2) is 5.79 Å². The van der Waals surface area contributed by atoms with Crippen molar-refractivity contribution in [1.82, 2.24) is 5.32 Å². The third kappa shape index (κ3) is 7.97. The Morgan fingerprint density at radius 1 is 0.810 bits per heavy atom. The lowest BCUT2D eigenvalue weighted by molar-refractivity contribution is -0.281. The van der Waals surface area contributed by atoms with Crippen LogP contribution in [0.1, 0.15) is 30.5 Å². The average molecular weight is 586 g/mol. The van der Waals surface area contributed by atoms with Gasteiger partial charge in [0.05, 0.1) is 19.3 Å². The van der Waals surface area contributed by atoms with Gasteiger partial charge in [-0.25, -0.2) is 0 Å². The first-order valence-corrected chi connectivity index (χ1v) is 18.3. The Morgan fingerprint density at radius 3 is 1.98 bits per heavy atom. The van der Waals surface area contributed by atoms with E-state index in [1.54, 1.807) is 0 Å². The molecular weight excluding hydrogens is 542 g/mol. The van der Waals surface area contributed by atoms with Gasteiger partial charge in [-0.3, -0.25) is 5.32 Å². The molecule has 2 saturated heterocycles. The molecule has 2 heterocycles. The fraction of sp³-hybridized carbons (Fsp3) is 0.429. The highest BCUT2D eigenvalue weighted by atomic mass is 28.3. The van der Waals surface area contributed by atoms with Crippen molar-refractivity contribution in [3.63, 3.8) is 0 Å². The van der Waals surface area contributed by atoms with Crippen LogP contribution < -0.4 is 5.32 Å². The molecule has 2 aliphatic rings. The second-order valence-electron chi connectivity index (χ2n) is 12.5. The summed E-state index contributed by atoms with van der Waals surface area (Å²) in [6.45, 7) is 12.3. The van der Waals surface area contributed by atoms with E-state index >= 15 is 0 Å². The number of rotatable bonds is 11. The van der Waals surface area contributed by atoms with Crippen LogP contribution in [0.15, 0.2) is 91.0 Å². The summed E-state index contributed by atoms with van der Waals surface area (Å²) in [6.07, 6.45) is -1.41. The molecule has 0 unspecified atom stereocenters. The average Bonchev–Trinajstić information content (AvgIpc) is 3.39. The van der Waals surface area contributed by atoms with Crippen LogP contribution in [0.4, 0.5) is 0 Å². The van der Waals surface area contributed by atoms with Crippen molar-refractivity contribution >= 4 is 8.07 Å². The van der Waals surface area contributed by atoms with E-state index in [2.05, 4.69) is 60.7 Å². The lowest BCUT2D eigenvalue weighted by Crippen LogP contribution is -2.48. The first kappa shape index (κ1) is 30.6. The minimum atomic E-state index is -1.69. The molecule has 0 bridgehead atoms. The molecule has 7 heteroatoms. The van der Waals surface area contributed by atoms with E-state index < -0.39 is 38.0 Å². The first-order chi connectivity index (χ1) is 20.1. The van der Waals surface area contributed by atoms with Gasteiger partial charge in [0.1, 0.15) is 33.0 Å². The van der Waals surface area contributed by atoms with Gasteiger partial charge in [-0.05, 0) is 30.5 Å². The molecule has 5 rings (SSSR count). The summed E-state index contributed by atoms with van der Waals surface area (Å²) in [5.74, 6) is 1.55. The molecule has 0 saturated carbocycles. The van der Waals surface area contributed by atoms with E-state index in [4.69, 9.17) is 23.7 Å². The van der Waals surface area contributed by atoms with Crippen molar-refractivity contribution in [2.45, 2.75) is 89.2 Å². The molecule has 0 radical (unpaired) electrons. The van der Waals surface area contributed by atoms with Crippen LogP contribution in [0.5, 0.6) is 0 Å². The molecule has 5 atom stereocenters. The minimum absolute atomic E-state index is 0.199. The fourth-order valence-corrected chi connectivity index (χ4v) is 5.97. The quantitative estimate of drug-likeness (QED) is 0.218. The Labute approximate surface area is 251 Å². The lowest BCUT2D eigenvalue weighted by Gasteiger charge is -2.31. The number of hydrogen-bond acceptors (Lipinski definition) is 6. The van der Waals surface area contributed by atoms with Crippen LogP contribution in [-0.2, 0) is 43.4 Å². The third-order valence-corrected chi connectivity index (χ3v) is 8.12. The highest BCUT2D eigenvalue weighted by Gasteiger charge is 2.66. The highest BCUT2D eigenvalue weighted by molar-refractivity contribution is 6.83. The number of fused-ring (bicyclic) bond motifs is 1. The summed E-state index contributed by atoms with van der Waals surface area (Å²) in [6, 6.07) is 30.3. The Bertz CT molecular complexity index is 1340. The Kier molecular flexibility index (Phi) is 9.66. The first-order valence-electron chi connectivity index (χ1n) is 14.8. The van der Waals surface area contributed by atoms with Gasteiger partial charge in [0, 0.05) is 6.54 Å². The summed E-state index contributed by atoms with van der Waals surface area (Å²) in [5, 5.41) is 3.68. The summed E-state index contributed by atoms with van der Waals surface area (Å²) in [5.41, 5.74) is 6.90. The van der Waals surface area contributed by atoms with Gasteiger partial charge >= 0.3 is 0 Å². The molecule has 0 aliphatic carbocycles. The predicted octanol–water partition coefficient (Wildman–Crippen LogP) is 6.07. The maximum atomic E-state index is 6.92. The highest BCUT2D eigenvalue weighted by Crippen LogP contribution is 2.47. The zero-order valence-corrected chi connectivity index (χ0v) is 26.3. The number of ether oxygens (including phenoxy) is 5.